The number of amides is 3. The van der Waals surface area contributed by atoms with Gasteiger partial charge in [-0.15, -0.1) is 0 Å². The Morgan fingerprint density at radius 2 is 1.83 bits per heavy atom. The Morgan fingerprint density at radius 3 is 2.51 bits per heavy atom. The number of guanidine groups is 1. The van der Waals surface area contributed by atoms with Crippen molar-refractivity contribution in [2.24, 2.45) is 22.2 Å². The van der Waals surface area contributed by atoms with Crippen LogP contribution in [0.5, 0.6) is 0 Å². The molecule has 2 aromatic rings. The second-order valence-electron chi connectivity index (χ2n) is 8.03. The lowest BCUT2D eigenvalue weighted by Crippen LogP contribution is -2.52. The molecule has 3 amide bonds. The van der Waals surface area contributed by atoms with Crippen LogP contribution >= 0.6 is 0 Å². The molecule has 0 saturated carbocycles. The van der Waals surface area contributed by atoms with Gasteiger partial charge in [-0.25, -0.2) is 4.79 Å². The summed E-state index contributed by atoms with van der Waals surface area (Å²) in [6.07, 6.45) is 2.50. The van der Waals surface area contributed by atoms with E-state index in [1.165, 1.54) is 6.92 Å². The first-order valence-corrected chi connectivity index (χ1v) is 11.0. The summed E-state index contributed by atoms with van der Waals surface area (Å²) in [7, 11) is 0. The van der Waals surface area contributed by atoms with Crippen LogP contribution < -0.4 is 33.2 Å². The molecule has 13 nitrogen and oxygen atoms in total. The van der Waals surface area contributed by atoms with E-state index < -0.39 is 41.8 Å². The highest BCUT2D eigenvalue weighted by Crippen LogP contribution is 2.18. The molecular formula is C22H32N8O5. The highest BCUT2D eigenvalue weighted by atomic mass is 16.4. The van der Waals surface area contributed by atoms with Gasteiger partial charge in [0, 0.05) is 23.6 Å². The molecule has 190 valence electrons. The second kappa shape index (κ2) is 12.9. The van der Waals surface area contributed by atoms with Gasteiger partial charge in [0.25, 0.3) is 0 Å². The average molecular weight is 489 g/mol. The maximum absolute atomic E-state index is 12.3. The van der Waals surface area contributed by atoms with Crippen LogP contribution in [0.4, 0.5) is 0 Å². The summed E-state index contributed by atoms with van der Waals surface area (Å²) in [5, 5.41) is 17.5. The van der Waals surface area contributed by atoms with Crippen LogP contribution in [0.3, 0.4) is 0 Å². The molecule has 11 N–H and O–H groups in total. The van der Waals surface area contributed by atoms with Crippen molar-refractivity contribution in [3.05, 3.63) is 36.0 Å². The summed E-state index contributed by atoms with van der Waals surface area (Å²) < 4.78 is 0. The quantitative estimate of drug-likeness (QED) is 0.0915. The van der Waals surface area contributed by atoms with Crippen molar-refractivity contribution in [1.29, 1.82) is 0 Å². The zero-order valence-electron chi connectivity index (χ0n) is 19.4. The first-order chi connectivity index (χ1) is 16.6. The van der Waals surface area contributed by atoms with Crippen molar-refractivity contribution in [3.63, 3.8) is 0 Å². The molecule has 1 aromatic carbocycles. The number of fused-ring (bicyclic) bond motifs is 1. The van der Waals surface area contributed by atoms with E-state index in [1.807, 2.05) is 24.3 Å². The number of aromatic amines is 1. The van der Waals surface area contributed by atoms with Crippen LogP contribution in [-0.2, 0) is 25.6 Å². The molecule has 13 heteroatoms. The molecule has 3 atom stereocenters. The third-order valence-electron chi connectivity index (χ3n) is 5.21. The minimum atomic E-state index is -1.22. The normalized spacial score (nSPS) is 13.3. The number of benzene rings is 1. The van der Waals surface area contributed by atoms with Crippen molar-refractivity contribution in [3.8, 4) is 0 Å². The smallest absolute Gasteiger partial charge is 0.326 e. The van der Waals surface area contributed by atoms with Crippen LogP contribution in [0.15, 0.2) is 35.5 Å². The number of carbonyl (C=O) groups is 4. The highest BCUT2D eigenvalue weighted by Gasteiger charge is 2.24. The van der Waals surface area contributed by atoms with Gasteiger partial charge in [0.05, 0.1) is 12.6 Å². The van der Waals surface area contributed by atoms with Crippen molar-refractivity contribution in [1.82, 2.24) is 20.9 Å². The number of nitrogens with one attached hydrogen (secondary N) is 4. The van der Waals surface area contributed by atoms with Crippen LogP contribution in [0, 0.1) is 0 Å². The van der Waals surface area contributed by atoms with Gasteiger partial charge in [-0.3, -0.25) is 19.4 Å². The lowest BCUT2D eigenvalue weighted by molar-refractivity contribution is -0.142. The number of carboxylic acid groups (broad SMARTS) is 1. The minimum absolute atomic E-state index is 0.100. The largest absolute Gasteiger partial charge is 0.480 e. The minimum Gasteiger partial charge on any atom is -0.480 e. The molecule has 0 aliphatic carbocycles. The van der Waals surface area contributed by atoms with Crippen LogP contribution in [0.25, 0.3) is 10.9 Å². The molecule has 1 aromatic heterocycles. The number of aromatic nitrogens is 1. The molecule has 2 rings (SSSR count). The molecule has 0 aliphatic rings. The number of carboxylic acids is 1. The van der Waals surface area contributed by atoms with E-state index in [0.29, 0.717) is 6.42 Å². The van der Waals surface area contributed by atoms with E-state index in [9.17, 15) is 24.3 Å². The van der Waals surface area contributed by atoms with Crippen molar-refractivity contribution < 1.29 is 24.3 Å². The fraction of sp³-hybridized carbons (Fsp3) is 0.409. The van der Waals surface area contributed by atoms with Gasteiger partial charge in [-0.2, -0.15) is 0 Å². The van der Waals surface area contributed by atoms with Crippen molar-refractivity contribution in [2.75, 3.05) is 13.1 Å². The number of H-pyrrole nitrogens is 1. The monoisotopic (exact) mass is 488 g/mol. The van der Waals surface area contributed by atoms with Gasteiger partial charge in [-0.1, -0.05) is 18.2 Å². The molecule has 3 unspecified atom stereocenters. The van der Waals surface area contributed by atoms with Crippen LogP contribution in [0.1, 0.15) is 25.3 Å². The molecule has 35 heavy (non-hydrogen) atoms. The zero-order chi connectivity index (χ0) is 26.0. The molecular weight excluding hydrogens is 456 g/mol. The predicted octanol–water partition coefficient (Wildman–Crippen LogP) is -1.72. The molecule has 0 saturated heterocycles. The molecule has 0 bridgehead atoms. The summed E-state index contributed by atoms with van der Waals surface area (Å²) >= 11 is 0. The molecule has 0 radical (unpaired) electrons. The van der Waals surface area contributed by atoms with Crippen molar-refractivity contribution in [2.45, 2.75) is 44.3 Å². The Morgan fingerprint density at radius 1 is 1.11 bits per heavy atom. The summed E-state index contributed by atoms with van der Waals surface area (Å²) in [6, 6.07) is 4.54. The second-order valence-corrected chi connectivity index (χ2v) is 8.03. The van der Waals surface area contributed by atoms with E-state index in [0.717, 1.165) is 16.5 Å². The summed E-state index contributed by atoms with van der Waals surface area (Å²) in [5.41, 5.74) is 18.2. The number of hydrogen-bond donors (Lipinski definition) is 8. The SMILES string of the molecule is CC(NC(=O)CNC(=O)C(N)Cc1c[nH]c2ccccc12)C(=O)NC(CCCN=C(N)N)C(=O)O. The number of nitrogens with two attached hydrogens (primary N) is 3. The van der Waals surface area contributed by atoms with Gasteiger partial charge in [-0.05, 0) is 37.8 Å². The topological polar surface area (TPSA) is 231 Å². The Hall–Kier alpha value is -4.13. The summed E-state index contributed by atoms with van der Waals surface area (Å²) in [4.78, 5) is 55.0. The lowest BCUT2D eigenvalue weighted by atomic mass is 10.1. The van der Waals surface area contributed by atoms with Gasteiger partial charge in [0.15, 0.2) is 5.96 Å². The molecule has 0 aliphatic heterocycles. The Kier molecular flexibility index (Phi) is 10.0. The summed E-state index contributed by atoms with van der Waals surface area (Å²) in [6.45, 7) is 1.23. The average Bonchev–Trinajstić information content (AvgIpc) is 3.21. The van der Waals surface area contributed by atoms with E-state index in [2.05, 4.69) is 25.9 Å². The van der Waals surface area contributed by atoms with E-state index >= 15 is 0 Å². The van der Waals surface area contributed by atoms with Gasteiger partial charge < -0.3 is 43.2 Å². The number of aliphatic imine (C=N–C) groups is 1. The number of hydrogen-bond acceptors (Lipinski definition) is 6. The molecule has 1 heterocycles. The fourth-order valence-electron chi connectivity index (χ4n) is 3.34. The van der Waals surface area contributed by atoms with E-state index in [4.69, 9.17) is 17.2 Å². The maximum atomic E-state index is 12.3. The van der Waals surface area contributed by atoms with E-state index in [1.54, 1.807) is 6.20 Å². The number of nitrogens with zero attached hydrogens (tertiary/aromatic N) is 1. The fourth-order valence-corrected chi connectivity index (χ4v) is 3.34. The van der Waals surface area contributed by atoms with Gasteiger partial charge in [0.1, 0.15) is 12.1 Å². The number of rotatable bonds is 13. The number of para-hydroxylation sites is 1. The predicted molar refractivity (Wildman–Crippen MR) is 130 cm³/mol. The molecule has 0 fully saturated rings. The van der Waals surface area contributed by atoms with Gasteiger partial charge in [0.2, 0.25) is 17.7 Å². The Labute approximate surface area is 201 Å². The van der Waals surface area contributed by atoms with Crippen LogP contribution in [-0.4, -0.2) is 71.0 Å². The maximum Gasteiger partial charge on any atom is 0.326 e. The Bertz CT molecular complexity index is 1080. The van der Waals surface area contributed by atoms with Crippen LogP contribution in [0.2, 0.25) is 0 Å². The summed E-state index contributed by atoms with van der Waals surface area (Å²) in [5.74, 6) is -3.16. The Balaban J connectivity index is 1.77. The first-order valence-electron chi connectivity index (χ1n) is 11.0. The number of carbonyl (C=O) groups excluding carboxylic acids is 3. The standard InChI is InChI=1S/C22H32N8O5/c1-12(19(32)30-17(21(34)35)7-4-8-26-22(24)25)29-18(31)11-28-20(33)15(23)9-13-10-27-16-6-3-2-5-14(13)16/h2-3,5-6,10,12,15,17,27H,4,7-9,11,23H2,1H3,(H,28,33)(H,29,31)(H,30,32)(H,34,35)(H4,24,25,26). The van der Waals surface area contributed by atoms with E-state index in [-0.39, 0.29) is 31.9 Å². The third kappa shape index (κ3) is 8.62. The highest BCUT2D eigenvalue weighted by molar-refractivity contribution is 5.92. The zero-order valence-corrected chi connectivity index (χ0v) is 19.4. The third-order valence-corrected chi connectivity index (χ3v) is 5.21. The number of aliphatic carboxylic acids is 1. The lowest BCUT2D eigenvalue weighted by Gasteiger charge is -2.19. The van der Waals surface area contributed by atoms with Gasteiger partial charge >= 0.3 is 5.97 Å². The molecule has 0 spiro atoms. The first kappa shape index (κ1) is 27.1. The van der Waals surface area contributed by atoms with Crippen molar-refractivity contribution >= 4 is 40.6 Å².